The van der Waals surface area contributed by atoms with Crippen LogP contribution in [0.5, 0.6) is 0 Å². The topological polar surface area (TPSA) is 76.0 Å². The van der Waals surface area contributed by atoms with Crippen molar-refractivity contribution in [2.75, 3.05) is 0 Å². The van der Waals surface area contributed by atoms with Crippen molar-refractivity contribution in [1.82, 2.24) is 15.0 Å². The summed E-state index contributed by atoms with van der Waals surface area (Å²) in [4.78, 5) is 22.3. The van der Waals surface area contributed by atoms with E-state index in [2.05, 4.69) is 15.0 Å². The second-order valence-electron chi connectivity index (χ2n) is 2.54. The van der Waals surface area contributed by atoms with Crippen molar-refractivity contribution in [2.45, 2.75) is 0 Å². The van der Waals surface area contributed by atoms with Crippen LogP contribution >= 0.6 is 22.9 Å². The van der Waals surface area contributed by atoms with Crippen LogP contribution in [0.25, 0.3) is 10.7 Å². The predicted octanol–water partition coefficient (Wildman–Crippen LogP) is 1.95. The predicted molar refractivity (Wildman–Crippen MR) is 55.1 cm³/mol. The van der Waals surface area contributed by atoms with Crippen LogP contribution in [-0.2, 0) is 0 Å². The van der Waals surface area contributed by atoms with Gasteiger partial charge < -0.3 is 5.11 Å². The zero-order chi connectivity index (χ0) is 10.8. The Bertz CT molecular complexity index is 514. The van der Waals surface area contributed by atoms with Crippen LogP contribution in [-0.4, -0.2) is 26.0 Å². The van der Waals surface area contributed by atoms with Crippen molar-refractivity contribution >= 4 is 28.9 Å². The number of hydrogen-bond donors (Lipinski definition) is 1. The van der Waals surface area contributed by atoms with Crippen LogP contribution in [0.4, 0.5) is 0 Å². The lowest BCUT2D eigenvalue weighted by molar-refractivity contribution is 0.0691. The first-order valence-electron chi connectivity index (χ1n) is 3.84. The number of aromatic carboxylic acids is 1. The van der Waals surface area contributed by atoms with Crippen LogP contribution in [0.1, 0.15) is 10.5 Å². The molecule has 0 radical (unpaired) electrons. The third-order valence-corrected chi connectivity index (χ3v) is 2.71. The van der Waals surface area contributed by atoms with Crippen LogP contribution < -0.4 is 0 Å². The molecule has 0 bridgehead atoms. The summed E-state index contributed by atoms with van der Waals surface area (Å²) < 4.78 is 0. The first-order chi connectivity index (χ1) is 7.18. The first-order valence-corrected chi connectivity index (χ1v) is 5.10. The van der Waals surface area contributed by atoms with E-state index in [-0.39, 0.29) is 10.8 Å². The fourth-order valence-electron chi connectivity index (χ4n) is 0.945. The highest BCUT2D eigenvalue weighted by Crippen LogP contribution is 2.26. The SMILES string of the molecule is O=C(O)c1csc(-c2nccnc2Cl)n1. The van der Waals surface area contributed by atoms with Crippen molar-refractivity contribution in [3.63, 3.8) is 0 Å². The molecule has 0 fully saturated rings. The van der Waals surface area contributed by atoms with Gasteiger partial charge in [0.25, 0.3) is 0 Å². The molecule has 0 aliphatic rings. The Kier molecular flexibility index (Phi) is 2.61. The Labute approximate surface area is 93.4 Å². The molecule has 0 unspecified atom stereocenters. The van der Waals surface area contributed by atoms with Crippen molar-refractivity contribution in [1.29, 1.82) is 0 Å². The van der Waals surface area contributed by atoms with E-state index >= 15 is 0 Å². The van der Waals surface area contributed by atoms with Gasteiger partial charge in [-0.2, -0.15) is 0 Å². The minimum absolute atomic E-state index is 0.0169. The molecule has 2 aromatic heterocycles. The molecule has 0 aliphatic heterocycles. The van der Waals surface area contributed by atoms with Gasteiger partial charge in [-0.05, 0) is 0 Å². The van der Waals surface area contributed by atoms with Gasteiger partial charge in [0, 0.05) is 17.8 Å². The van der Waals surface area contributed by atoms with Crippen LogP contribution in [0, 0.1) is 0 Å². The van der Waals surface area contributed by atoms with Gasteiger partial charge in [0.15, 0.2) is 10.8 Å². The summed E-state index contributed by atoms with van der Waals surface area (Å²) in [5.74, 6) is -1.07. The maximum Gasteiger partial charge on any atom is 0.355 e. The minimum atomic E-state index is -1.07. The standard InChI is InChI=1S/C8H4ClN3O2S/c9-6-5(10-1-2-11-6)7-12-4(3-15-7)8(13)14/h1-3H,(H,13,14). The van der Waals surface area contributed by atoms with Crippen LogP contribution in [0.3, 0.4) is 0 Å². The lowest BCUT2D eigenvalue weighted by atomic mass is 10.4. The van der Waals surface area contributed by atoms with Crippen molar-refractivity contribution in [2.24, 2.45) is 0 Å². The largest absolute Gasteiger partial charge is 0.476 e. The second-order valence-corrected chi connectivity index (χ2v) is 3.75. The highest BCUT2D eigenvalue weighted by Gasteiger charge is 2.13. The number of carbonyl (C=O) groups is 1. The molecule has 76 valence electrons. The third-order valence-electron chi connectivity index (χ3n) is 1.58. The molecule has 0 saturated carbocycles. The Balaban J connectivity index is 2.46. The summed E-state index contributed by atoms with van der Waals surface area (Å²) in [5, 5.41) is 10.8. The van der Waals surface area contributed by atoms with Gasteiger partial charge in [-0.1, -0.05) is 11.6 Å². The van der Waals surface area contributed by atoms with E-state index < -0.39 is 5.97 Å². The Hall–Kier alpha value is -1.53. The number of halogens is 1. The number of rotatable bonds is 2. The Morgan fingerprint density at radius 1 is 1.40 bits per heavy atom. The molecule has 1 N–H and O–H groups in total. The number of nitrogens with zero attached hydrogens (tertiary/aromatic N) is 3. The molecule has 5 nitrogen and oxygen atoms in total. The highest BCUT2D eigenvalue weighted by atomic mass is 35.5. The summed E-state index contributed by atoms with van der Waals surface area (Å²) in [6, 6.07) is 0. The molecule has 0 aromatic carbocycles. The van der Waals surface area contributed by atoms with Gasteiger partial charge in [-0.3, -0.25) is 0 Å². The van der Waals surface area contributed by atoms with E-state index in [1.807, 2.05) is 0 Å². The van der Waals surface area contributed by atoms with Crippen molar-refractivity contribution < 1.29 is 9.90 Å². The molecule has 0 spiro atoms. The molecule has 2 heterocycles. The van der Waals surface area contributed by atoms with E-state index in [0.717, 1.165) is 0 Å². The number of carboxylic acid groups (broad SMARTS) is 1. The average molecular weight is 242 g/mol. The quantitative estimate of drug-likeness (QED) is 0.870. The zero-order valence-electron chi connectivity index (χ0n) is 7.22. The molecule has 7 heteroatoms. The lowest BCUT2D eigenvalue weighted by Gasteiger charge is -1.95. The maximum atomic E-state index is 10.6. The van der Waals surface area contributed by atoms with Gasteiger partial charge in [0.2, 0.25) is 0 Å². The van der Waals surface area contributed by atoms with E-state index in [4.69, 9.17) is 16.7 Å². The molecule has 0 atom stereocenters. The highest BCUT2D eigenvalue weighted by molar-refractivity contribution is 7.13. The van der Waals surface area contributed by atoms with E-state index in [1.165, 1.54) is 29.1 Å². The molecule has 0 saturated heterocycles. The van der Waals surface area contributed by atoms with Gasteiger partial charge in [-0.25, -0.2) is 19.7 Å². The average Bonchev–Trinajstić information content (AvgIpc) is 2.67. The molecule has 0 amide bonds. The summed E-state index contributed by atoms with van der Waals surface area (Å²) in [6.07, 6.45) is 2.93. The van der Waals surface area contributed by atoms with Crippen molar-refractivity contribution in [3.05, 3.63) is 28.6 Å². The minimum Gasteiger partial charge on any atom is -0.476 e. The normalized spacial score (nSPS) is 10.2. The number of hydrogen-bond acceptors (Lipinski definition) is 5. The monoisotopic (exact) mass is 241 g/mol. The molecule has 2 rings (SSSR count). The number of thiazole rings is 1. The molecule has 15 heavy (non-hydrogen) atoms. The summed E-state index contributed by atoms with van der Waals surface area (Å²) in [6.45, 7) is 0. The van der Waals surface area contributed by atoms with Crippen LogP contribution in [0.2, 0.25) is 5.15 Å². The van der Waals surface area contributed by atoms with Crippen LogP contribution in [0.15, 0.2) is 17.8 Å². The fraction of sp³-hybridized carbons (Fsp3) is 0. The van der Waals surface area contributed by atoms with Crippen molar-refractivity contribution in [3.8, 4) is 10.7 Å². The first kappa shape index (κ1) is 10.0. The smallest absolute Gasteiger partial charge is 0.355 e. The van der Waals surface area contributed by atoms with E-state index in [9.17, 15) is 4.79 Å². The Morgan fingerprint density at radius 2 is 2.13 bits per heavy atom. The van der Waals surface area contributed by atoms with Gasteiger partial charge >= 0.3 is 5.97 Å². The van der Waals surface area contributed by atoms with E-state index in [1.54, 1.807) is 0 Å². The second kappa shape index (κ2) is 3.92. The lowest BCUT2D eigenvalue weighted by Crippen LogP contribution is -1.96. The maximum absolute atomic E-state index is 10.6. The molecular formula is C8H4ClN3O2S. The zero-order valence-corrected chi connectivity index (χ0v) is 8.79. The summed E-state index contributed by atoms with van der Waals surface area (Å²) in [7, 11) is 0. The van der Waals surface area contributed by atoms with E-state index in [0.29, 0.717) is 10.7 Å². The summed E-state index contributed by atoms with van der Waals surface area (Å²) in [5.41, 5.74) is 0.383. The number of carboxylic acids is 1. The number of aromatic nitrogens is 3. The Morgan fingerprint density at radius 3 is 2.73 bits per heavy atom. The molecule has 0 aliphatic carbocycles. The van der Waals surface area contributed by atoms with Gasteiger partial charge in [0.05, 0.1) is 0 Å². The van der Waals surface area contributed by atoms with Gasteiger partial charge in [-0.15, -0.1) is 11.3 Å². The molecular weight excluding hydrogens is 238 g/mol. The third kappa shape index (κ3) is 1.95. The van der Waals surface area contributed by atoms with Gasteiger partial charge in [0.1, 0.15) is 10.7 Å². The molecule has 2 aromatic rings. The fourth-order valence-corrected chi connectivity index (χ4v) is 1.98. The summed E-state index contributed by atoms with van der Waals surface area (Å²) >= 11 is 6.96.